The Morgan fingerprint density at radius 3 is 2.92 bits per heavy atom. The summed E-state index contributed by atoms with van der Waals surface area (Å²) in [6, 6.07) is 4.43. The van der Waals surface area contributed by atoms with Gasteiger partial charge in [0.1, 0.15) is 11.5 Å². The first-order valence-electron chi connectivity index (χ1n) is 4.57. The van der Waals surface area contributed by atoms with E-state index in [1.165, 1.54) is 19.1 Å². The van der Waals surface area contributed by atoms with Crippen LogP contribution in [0.1, 0.15) is 30.9 Å². The van der Waals surface area contributed by atoms with E-state index >= 15 is 0 Å². The summed E-state index contributed by atoms with van der Waals surface area (Å²) in [5, 5.41) is 0. The molecule has 0 saturated carbocycles. The van der Waals surface area contributed by atoms with E-state index in [4.69, 9.17) is 0 Å². The molecule has 0 radical (unpaired) electrons. The molecule has 0 N–H and O–H groups in total. The Bertz CT molecular complexity index is 329. The van der Waals surface area contributed by atoms with Crippen molar-refractivity contribution in [3.05, 3.63) is 35.1 Å². The minimum Gasteiger partial charge on any atom is -0.239 e. The summed E-state index contributed by atoms with van der Waals surface area (Å²) in [4.78, 5) is 0. The SMILES string of the molecule is CC1(F)CCCc2ccc(F)cc21. The Hall–Kier alpha value is -0.920. The van der Waals surface area contributed by atoms with Crippen molar-refractivity contribution in [1.29, 1.82) is 0 Å². The van der Waals surface area contributed by atoms with E-state index in [0.29, 0.717) is 12.0 Å². The van der Waals surface area contributed by atoms with Crippen LogP contribution in [0.15, 0.2) is 18.2 Å². The summed E-state index contributed by atoms with van der Waals surface area (Å²) in [6.45, 7) is 1.53. The van der Waals surface area contributed by atoms with Crippen LogP contribution in [-0.4, -0.2) is 0 Å². The van der Waals surface area contributed by atoms with Gasteiger partial charge in [0.2, 0.25) is 0 Å². The van der Waals surface area contributed by atoms with Gasteiger partial charge in [-0.25, -0.2) is 8.78 Å². The highest BCUT2D eigenvalue weighted by Gasteiger charge is 2.31. The quantitative estimate of drug-likeness (QED) is 0.577. The molecule has 0 nitrogen and oxygen atoms in total. The topological polar surface area (TPSA) is 0 Å². The first kappa shape index (κ1) is 8.67. The van der Waals surface area contributed by atoms with E-state index in [-0.39, 0.29) is 5.82 Å². The molecule has 0 aliphatic heterocycles. The molecule has 1 unspecified atom stereocenters. The molecule has 1 atom stereocenters. The summed E-state index contributed by atoms with van der Waals surface area (Å²) in [7, 11) is 0. The lowest BCUT2D eigenvalue weighted by Crippen LogP contribution is -2.22. The molecule has 0 amide bonds. The molecule has 0 bridgehead atoms. The second-order valence-electron chi connectivity index (χ2n) is 3.85. The van der Waals surface area contributed by atoms with Crippen molar-refractivity contribution in [2.45, 2.75) is 31.9 Å². The first-order chi connectivity index (χ1) is 6.09. The molecule has 1 aliphatic carbocycles. The van der Waals surface area contributed by atoms with Crippen molar-refractivity contribution < 1.29 is 8.78 Å². The van der Waals surface area contributed by atoms with Gasteiger partial charge in [0.25, 0.3) is 0 Å². The van der Waals surface area contributed by atoms with E-state index in [9.17, 15) is 8.78 Å². The van der Waals surface area contributed by atoms with Crippen LogP contribution in [0.5, 0.6) is 0 Å². The summed E-state index contributed by atoms with van der Waals surface area (Å²) in [5.74, 6) is -0.343. The molecule has 2 rings (SSSR count). The van der Waals surface area contributed by atoms with Crippen LogP contribution in [0.25, 0.3) is 0 Å². The molecule has 0 fully saturated rings. The van der Waals surface area contributed by atoms with Crippen molar-refractivity contribution in [1.82, 2.24) is 0 Å². The van der Waals surface area contributed by atoms with Crippen LogP contribution in [0.3, 0.4) is 0 Å². The van der Waals surface area contributed by atoms with Gasteiger partial charge in [-0.05, 0) is 49.4 Å². The van der Waals surface area contributed by atoms with Crippen LogP contribution in [-0.2, 0) is 12.1 Å². The summed E-state index contributed by atoms with van der Waals surface area (Å²) in [5.41, 5.74) is 0.159. The highest BCUT2D eigenvalue weighted by Crippen LogP contribution is 2.38. The van der Waals surface area contributed by atoms with Gasteiger partial charge in [0, 0.05) is 0 Å². The molecular weight excluding hydrogens is 170 g/mol. The fourth-order valence-corrected chi connectivity index (χ4v) is 2.00. The highest BCUT2D eigenvalue weighted by molar-refractivity contribution is 5.34. The third kappa shape index (κ3) is 1.45. The van der Waals surface area contributed by atoms with Gasteiger partial charge < -0.3 is 0 Å². The average Bonchev–Trinajstić information content (AvgIpc) is 2.06. The van der Waals surface area contributed by atoms with Gasteiger partial charge in [-0.1, -0.05) is 6.07 Å². The maximum Gasteiger partial charge on any atom is 0.133 e. The lowest BCUT2D eigenvalue weighted by Gasteiger charge is -2.28. The normalized spacial score (nSPS) is 27.0. The first-order valence-corrected chi connectivity index (χ1v) is 4.57. The van der Waals surface area contributed by atoms with Crippen molar-refractivity contribution in [3.8, 4) is 0 Å². The van der Waals surface area contributed by atoms with Crippen LogP contribution in [0, 0.1) is 5.82 Å². The second kappa shape index (κ2) is 2.79. The van der Waals surface area contributed by atoms with Gasteiger partial charge >= 0.3 is 0 Å². The zero-order valence-corrected chi connectivity index (χ0v) is 7.61. The molecule has 1 aromatic rings. The number of benzene rings is 1. The molecule has 13 heavy (non-hydrogen) atoms. The Morgan fingerprint density at radius 2 is 2.15 bits per heavy atom. The van der Waals surface area contributed by atoms with Crippen molar-refractivity contribution >= 4 is 0 Å². The predicted octanol–water partition coefficient (Wildman–Crippen LogP) is 3.35. The average molecular weight is 182 g/mol. The van der Waals surface area contributed by atoms with Crippen LogP contribution in [0.4, 0.5) is 8.78 Å². The zero-order valence-electron chi connectivity index (χ0n) is 7.61. The second-order valence-corrected chi connectivity index (χ2v) is 3.85. The maximum atomic E-state index is 13.9. The van der Waals surface area contributed by atoms with E-state index < -0.39 is 5.67 Å². The fraction of sp³-hybridized carbons (Fsp3) is 0.455. The number of hydrogen-bond donors (Lipinski definition) is 0. The van der Waals surface area contributed by atoms with Crippen molar-refractivity contribution in [2.75, 3.05) is 0 Å². The summed E-state index contributed by atoms with van der Waals surface area (Å²) in [6.07, 6.45) is 2.23. The standard InChI is InChI=1S/C11H12F2/c1-11(13)6-2-3-8-4-5-9(12)7-10(8)11/h4-5,7H,2-3,6H2,1H3. The third-order valence-electron chi connectivity index (χ3n) is 2.73. The molecule has 0 saturated heterocycles. The Balaban J connectivity index is 2.55. The number of halogens is 2. The molecule has 1 aromatic carbocycles. The molecule has 1 aliphatic rings. The Morgan fingerprint density at radius 1 is 1.38 bits per heavy atom. The number of aryl methyl sites for hydroxylation is 1. The molecule has 2 heteroatoms. The lowest BCUT2D eigenvalue weighted by molar-refractivity contribution is 0.161. The van der Waals surface area contributed by atoms with Crippen molar-refractivity contribution in [2.24, 2.45) is 0 Å². The third-order valence-corrected chi connectivity index (χ3v) is 2.73. The van der Waals surface area contributed by atoms with Gasteiger partial charge in [0.05, 0.1) is 0 Å². The number of hydrogen-bond acceptors (Lipinski definition) is 0. The maximum absolute atomic E-state index is 13.9. The largest absolute Gasteiger partial charge is 0.239 e. The van der Waals surface area contributed by atoms with Gasteiger partial charge in [-0.3, -0.25) is 0 Å². The van der Waals surface area contributed by atoms with E-state index in [1.54, 1.807) is 6.07 Å². The predicted molar refractivity (Wildman–Crippen MR) is 47.8 cm³/mol. The minimum absolute atomic E-state index is 0.343. The molecular formula is C11H12F2. The van der Waals surface area contributed by atoms with E-state index in [0.717, 1.165) is 18.4 Å². The molecule has 0 heterocycles. The number of rotatable bonds is 0. The van der Waals surface area contributed by atoms with Gasteiger partial charge in [-0.15, -0.1) is 0 Å². The summed E-state index contributed by atoms with van der Waals surface area (Å²) >= 11 is 0. The minimum atomic E-state index is -1.34. The molecule has 70 valence electrons. The fourth-order valence-electron chi connectivity index (χ4n) is 2.00. The van der Waals surface area contributed by atoms with Crippen LogP contribution < -0.4 is 0 Å². The number of alkyl halides is 1. The van der Waals surface area contributed by atoms with Crippen LogP contribution in [0.2, 0.25) is 0 Å². The summed E-state index contributed by atoms with van der Waals surface area (Å²) < 4.78 is 26.7. The Kier molecular flexibility index (Phi) is 1.86. The van der Waals surface area contributed by atoms with Crippen molar-refractivity contribution in [3.63, 3.8) is 0 Å². The monoisotopic (exact) mass is 182 g/mol. The highest BCUT2D eigenvalue weighted by atomic mass is 19.1. The van der Waals surface area contributed by atoms with Crippen LogP contribution >= 0.6 is 0 Å². The zero-order chi connectivity index (χ0) is 9.47. The van der Waals surface area contributed by atoms with E-state index in [2.05, 4.69) is 0 Å². The lowest BCUT2D eigenvalue weighted by atomic mass is 9.82. The van der Waals surface area contributed by atoms with Gasteiger partial charge in [-0.2, -0.15) is 0 Å². The van der Waals surface area contributed by atoms with E-state index in [1.807, 2.05) is 0 Å². The molecule has 0 aromatic heterocycles. The molecule has 0 spiro atoms. The number of fused-ring (bicyclic) bond motifs is 1. The Labute approximate surface area is 76.6 Å². The van der Waals surface area contributed by atoms with Gasteiger partial charge in [0.15, 0.2) is 0 Å². The smallest absolute Gasteiger partial charge is 0.133 e.